The molecular weight excluding hydrogens is 334 g/mol. The highest BCUT2D eigenvalue weighted by Crippen LogP contribution is 2.25. The van der Waals surface area contributed by atoms with Gasteiger partial charge < -0.3 is 9.84 Å². The van der Waals surface area contributed by atoms with E-state index >= 15 is 0 Å². The lowest BCUT2D eigenvalue weighted by molar-refractivity contribution is -0.139. The van der Waals surface area contributed by atoms with E-state index in [2.05, 4.69) is 0 Å². The van der Waals surface area contributed by atoms with Crippen LogP contribution in [0.15, 0.2) is 48.5 Å². The average molecular weight is 350 g/mol. The van der Waals surface area contributed by atoms with Crippen molar-refractivity contribution < 1.29 is 24.3 Å². The zero-order valence-corrected chi connectivity index (χ0v) is 13.7. The Morgan fingerprint density at radius 1 is 1.17 bits per heavy atom. The van der Waals surface area contributed by atoms with E-state index in [0.29, 0.717) is 5.02 Å². The summed E-state index contributed by atoms with van der Waals surface area (Å²) < 4.78 is 5.16. The topological polar surface area (TPSA) is 76.1 Å². The third kappa shape index (κ3) is 4.71. The van der Waals surface area contributed by atoms with E-state index in [9.17, 15) is 9.59 Å². The van der Waals surface area contributed by atoms with Crippen molar-refractivity contribution in [1.82, 2.24) is 5.06 Å². The van der Waals surface area contributed by atoms with E-state index < -0.39 is 18.5 Å². The summed E-state index contributed by atoms with van der Waals surface area (Å²) in [5.74, 6) is -1.52. The molecule has 2 aromatic rings. The number of carboxylic acid groups (broad SMARTS) is 1. The number of hydrogen-bond acceptors (Lipinski definition) is 4. The molecule has 0 heterocycles. The number of carbonyl (C=O) groups is 2. The van der Waals surface area contributed by atoms with E-state index in [1.165, 1.54) is 25.3 Å². The quantitative estimate of drug-likeness (QED) is 0.778. The maximum Gasteiger partial charge on any atom is 0.341 e. The molecule has 24 heavy (non-hydrogen) atoms. The van der Waals surface area contributed by atoms with Crippen molar-refractivity contribution in [2.24, 2.45) is 0 Å². The Labute approximate surface area is 144 Å². The number of carbonyl (C=O) groups excluding carboxylic acids is 1. The molecule has 0 saturated carbocycles. The minimum atomic E-state index is -1.15. The normalized spacial score (nSPS) is 10.2. The largest absolute Gasteiger partial charge is 0.481 e. The van der Waals surface area contributed by atoms with Gasteiger partial charge in [-0.15, -0.1) is 0 Å². The van der Waals surface area contributed by atoms with Gasteiger partial charge in [-0.25, -0.2) is 9.86 Å². The van der Waals surface area contributed by atoms with E-state index in [0.717, 1.165) is 10.6 Å². The maximum atomic E-state index is 12.7. The van der Waals surface area contributed by atoms with Crippen LogP contribution in [0.1, 0.15) is 15.9 Å². The van der Waals surface area contributed by atoms with Crippen molar-refractivity contribution in [2.75, 3.05) is 13.7 Å². The highest BCUT2D eigenvalue weighted by molar-refractivity contribution is 6.30. The van der Waals surface area contributed by atoms with Gasteiger partial charge in [-0.1, -0.05) is 41.9 Å². The van der Waals surface area contributed by atoms with Crippen molar-refractivity contribution in [3.8, 4) is 5.75 Å². The lowest BCUT2D eigenvalue weighted by Crippen LogP contribution is -2.30. The highest BCUT2D eigenvalue weighted by atomic mass is 35.5. The Morgan fingerprint density at radius 3 is 2.50 bits per heavy atom. The molecule has 126 valence electrons. The van der Waals surface area contributed by atoms with Gasteiger partial charge in [-0.3, -0.25) is 9.63 Å². The first kappa shape index (κ1) is 17.8. The second-order valence-electron chi connectivity index (χ2n) is 4.83. The van der Waals surface area contributed by atoms with Crippen LogP contribution >= 0.6 is 11.6 Å². The van der Waals surface area contributed by atoms with Crippen molar-refractivity contribution in [2.45, 2.75) is 6.54 Å². The summed E-state index contributed by atoms with van der Waals surface area (Å²) in [6, 6.07) is 13.7. The molecule has 1 amide bonds. The van der Waals surface area contributed by atoms with E-state index in [4.69, 9.17) is 26.3 Å². The minimum absolute atomic E-state index is 0.0880. The fourth-order valence-corrected chi connectivity index (χ4v) is 2.20. The summed E-state index contributed by atoms with van der Waals surface area (Å²) in [5.41, 5.74) is 1.05. The fourth-order valence-electron chi connectivity index (χ4n) is 2.03. The molecule has 0 aromatic heterocycles. The average Bonchev–Trinajstić information content (AvgIpc) is 2.58. The lowest BCUT2D eigenvalue weighted by Gasteiger charge is -2.21. The molecule has 2 aromatic carbocycles. The predicted octanol–water partition coefficient (Wildman–Crippen LogP) is 3.01. The third-order valence-electron chi connectivity index (χ3n) is 3.14. The summed E-state index contributed by atoms with van der Waals surface area (Å²) in [6.07, 6.45) is 0. The number of benzene rings is 2. The van der Waals surface area contributed by atoms with Gasteiger partial charge in [0.2, 0.25) is 0 Å². The molecule has 2 rings (SSSR count). The van der Waals surface area contributed by atoms with Gasteiger partial charge in [0.05, 0.1) is 19.2 Å². The molecule has 0 aliphatic heterocycles. The van der Waals surface area contributed by atoms with Crippen molar-refractivity contribution in [1.29, 1.82) is 0 Å². The molecule has 0 atom stereocenters. The van der Waals surface area contributed by atoms with Gasteiger partial charge in [0, 0.05) is 5.02 Å². The van der Waals surface area contributed by atoms with Crippen molar-refractivity contribution in [3.05, 3.63) is 64.7 Å². The first-order valence-corrected chi connectivity index (χ1v) is 7.43. The summed E-state index contributed by atoms with van der Waals surface area (Å²) in [7, 11) is 1.38. The number of aliphatic carboxylic acids is 1. The smallest absolute Gasteiger partial charge is 0.341 e. The maximum absolute atomic E-state index is 12.7. The molecular formula is C17H16ClNO5. The van der Waals surface area contributed by atoms with E-state index in [1.54, 1.807) is 0 Å². The second-order valence-corrected chi connectivity index (χ2v) is 5.27. The van der Waals surface area contributed by atoms with Crippen LogP contribution < -0.4 is 4.74 Å². The van der Waals surface area contributed by atoms with Crippen LogP contribution in [0, 0.1) is 0 Å². The first-order valence-electron chi connectivity index (χ1n) is 7.05. The number of carboxylic acids is 1. The van der Waals surface area contributed by atoms with Gasteiger partial charge >= 0.3 is 5.97 Å². The lowest BCUT2D eigenvalue weighted by atomic mass is 10.1. The van der Waals surface area contributed by atoms with Gasteiger partial charge in [0.1, 0.15) is 5.75 Å². The van der Waals surface area contributed by atoms with Gasteiger partial charge in [-0.05, 0) is 23.8 Å². The molecule has 1 N–H and O–H groups in total. The molecule has 0 spiro atoms. The summed E-state index contributed by atoms with van der Waals surface area (Å²) in [5, 5.41) is 10.2. The molecule has 0 fully saturated rings. The number of amides is 1. The highest BCUT2D eigenvalue weighted by Gasteiger charge is 2.21. The first-order chi connectivity index (χ1) is 11.5. The van der Waals surface area contributed by atoms with Crippen LogP contribution in [0.4, 0.5) is 0 Å². The SMILES string of the molecule is CON(Cc1ccccc1)C(=O)c1ccc(Cl)cc1OCC(=O)O. The van der Waals surface area contributed by atoms with Crippen LogP contribution in [0.5, 0.6) is 5.75 Å². The minimum Gasteiger partial charge on any atom is -0.481 e. The standard InChI is InChI=1S/C17H16ClNO5/c1-23-19(10-12-5-3-2-4-6-12)17(22)14-8-7-13(18)9-15(14)24-11-16(20)21/h2-9H,10-11H2,1H3,(H,20,21). The summed E-state index contributed by atoms with van der Waals surface area (Å²) in [4.78, 5) is 28.5. The molecule has 0 aliphatic carbocycles. The Bertz CT molecular complexity index is 720. The number of hydroxylamine groups is 2. The molecule has 7 heteroatoms. The van der Waals surface area contributed by atoms with E-state index in [1.807, 2.05) is 30.3 Å². The Morgan fingerprint density at radius 2 is 1.88 bits per heavy atom. The van der Waals surface area contributed by atoms with Crippen molar-refractivity contribution in [3.63, 3.8) is 0 Å². The number of hydrogen-bond donors (Lipinski definition) is 1. The van der Waals surface area contributed by atoms with Gasteiger partial charge in [-0.2, -0.15) is 0 Å². The molecule has 6 nitrogen and oxygen atoms in total. The van der Waals surface area contributed by atoms with Crippen LogP contribution in [0.25, 0.3) is 0 Å². The zero-order chi connectivity index (χ0) is 17.5. The zero-order valence-electron chi connectivity index (χ0n) is 12.9. The predicted molar refractivity (Wildman–Crippen MR) is 87.9 cm³/mol. The molecule has 0 saturated heterocycles. The Kier molecular flexibility index (Phi) is 6.17. The summed E-state index contributed by atoms with van der Waals surface area (Å²) >= 11 is 5.90. The number of ether oxygens (including phenoxy) is 1. The van der Waals surface area contributed by atoms with Crippen LogP contribution in [-0.4, -0.2) is 35.8 Å². The molecule has 0 unspecified atom stereocenters. The van der Waals surface area contributed by atoms with Crippen LogP contribution in [-0.2, 0) is 16.2 Å². The number of halogens is 1. The fraction of sp³-hybridized carbons (Fsp3) is 0.176. The third-order valence-corrected chi connectivity index (χ3v) is 3.38. The monoisotopic (exact) mass is 349 g/mol. The molecule has 0 radical (unpaired) electrons. The van der Waals surface area contributed by atoms with E-state index in [-0.39, 0.29) is 17.9 Å². The summed E-state index contributed by atoms with van der Waals surface area (Å²) in [6.45, 7) is -0.344. The second kappa shape index (κ2) is 8.33. The number of nitrogens with zero attached hydrogens (tertiary/aromatic N) is 1. The molecule has 0 bridgehead atoms. The number of rotatable bonds is 7. The van der Waals surface area contributed by atoms with Gasteiger partial charge in [0.15, 0.2) is 6.61 Å². The molecule has 0 aliphatic rings. The Balaban J connectivity index is 2.24. The Hall–Kier alpha value is -2.57. The van der Waals surface area contributed by atoms with Gasteiger partial charge in [0.25, 0.3) is 5.91 Å². The van der Waals surface area contributed by atoms with Crippen LogP contribution in [0.2, 0.25) is 5.02 Å². The van der Waals surface area contributed by atoms with Crippen molar-refractivity contribution >= 4 is 23.5 Å². The van der Waals surface area contributed by atoms with Crippen LogP contribution in [0.3, 0.4) is 0 Å².